The van der Waals surface area contributed by atoms with E-state index in [1.54, 1.807) is 0 Å². The summed E-state index contributed by atoms with van der Waals surface area (Å²) in [5, 5.41) is -0.0848. The lowest BCUT2D eigenvalue weighted by Crippen LogP contribution is -2.08. The lowest BCUT2D eigenvalue weighted by Gasteiger charge is -2.10. The van der Waals surface area contributed by atoms with Crippen LogP contribution in [0, 0.1) is 5.82 Å². The zero-order valence-corrected chi connectivity index (χ0v) is 11.8. The van der Waals surface area contributed by atoms with E-state index in [1.807, 2.05) is 13.8 Å². The Balaban J connectivity index is 2.36. The fourth-order valence-corrected chi connectivity index (χ4v) is 1.89. The maximum absolute atomic E-state index is 13.8. The molecule has 0 radical (unpaired) electrons. The van der Waals surface area contributed by atoms with E-state index >= 15 is 0 Å². The van der Waals surface area contributed by atoms with Crippen LogP contribution >= 0.6 is 11.6 Å². The highest BCUT2D eigenvalue weighted by Crippen LogP contribution is 2.22. The fraction of sp³-hybridized carbons (Fsp3) is 0.200. The summed E-state index contributed by atoms with van der Waals surface area (Å²) >= 11 is 5.68. The van der Waals surface area contributed by atoms with Gasteiger partial charge < -0.3 is 4.74 Å². The van der Waals surface area contributed by atoms with Crippen LogP contribution in [0.15, 0.2) is 36.7 Å². The van der Waals surface area contributed by atoms with Crippen molar-refractivity contribution in [2.75, 3.05) is 0 Å². The molecule has 5 heteroatoms. The molecule has 1 aromatic carbocycles. The molecule has 0 fully saturated rings. The van der Waals surface area contributed by atoms with Crippen LogP contribution in [0.2, 0.25) is 5.02 Å². The zero-order chi connectivity index (χ0) is 14.7. The van der Waals surface area contributed by atoms with E-state index in [0.29, 0.717) is 5.75 Å². The van der Waals surface area contributed by atoms with Gasteiger partial charge in [0, 0.05) is 11.8 Å². The number of hydrogen-bond donors (Lipinski definition) is 0. The quantitative estimate of drug-likeness (QED) is 0.803. The van der Waals surface area contributed by atoms with Gasteiger partial charge in [0.25, 0.3) is 0 Å². The summed E-state index contributed by atoms with van der Waals surface area (Å²) in [6.07, 6.45) is 2.84. The second-order valence-electron chi connectivity index (χ2n) is 4.51. The number of pyridine rings is 1. The molecule has 20 heavy (non-hydrogen) atoms. The average molecular weight is 294 g/mol. The number of halogens is 2. The van der Waals surface area contributed by atoms with Gasteiger partial charge in [0.2, 0.25) is 0 Å². The first-order chi connectivity index (χ1) is 9.49. The monoisotopic (exact) mass is 293 g/mol. The molecule has 0 amide bonds. The minimum atomic E-state index is -0.727. The lowest BCUT2D eigenvalue weighted by molar-refractivity contribution is 0.103. The molecule has 0 atom stereocenters. The Hall–Kier alpha value is -1.94. The van der Waals surface area contributed by atoms with Crippen molar-refractivity contribution in [1.82, 2.24) is 4.98 Å². The molecular weight excluding hydrogens is 281 g/mol. The second-order valence-corrected chi connectivity index (χ2v) is 4.91. The molecule has 0 saturated heterocycles. The van der Waals surface area contributed by atoms with Crippen molar-refractivity contribution in [2.45, 2.75) is 20.0 Å². The van der Waals surface area contributed by atoms with Crippen LogP contribution in [0.3, 0.4) is 0 Å². The Labute approximate surface area is 121 Å². The van der Waals surface area contributed by atoms with Crippen LogP contribution in [0.25, 0.3) is 0 Å². The molecule has 0 aliphatic heterocycles. The summed E-state index contributed by atoms with van der Waals surface area (Å²) in [5.41, 5.74) is 0.172. The van der Waals surface area contributed by atoms with Crippen LogP contribution in [-0.2, 0) is 0 Å². The van der Waals surface area contributed by atoms with E-state index in [4.69, 9.17) is 16.3 Å². The van der Waals surface area contributed by atoms with E-state index in [2.05, 4.69) is 4.98 Å². The molecule has 0 spiro atoms. The largest absolute Gasteiger partial charge is 0.489 e. The van der Waals surface area contributed by atoms with Crippen molar-refractivity contribution in [3.63, 3.8) is 0 Å². The van der Waals surface area contributed by atoms with Gasteiger partial charge in [-0.1, -0.05) is 17.7 Å². The summed E-state index contributed by atoms with van der Waals surface area (Å²) in [7, 11) is 0. The number of rotatable bonds is 4. The third-order valence-corrected chi connectivity index (χ3v) is 2.84. The maximum atomic E-state index is 13.8. The van der Waals surface area contributed by atoms with Gasteiger partial charge in [-0.25, -0.2) is 4.39 Å². The Bertz CT molecular complexity index is 644. The Morgan fingerprint density at radius 3 is 2.80 bits per heavy atom. The Morgan fingerprint density at radius 1 is 1.35 bits per heavy atom. The number of ketones is 1. The summed E-state index contributed by atoms with van der Waals surface area (Å²) in [6, 6.07) is 5.85. The van der Waals surface area contributed by atoms with E-state index in [0.717, 1.165) is 0 Å². The van der Waals surface area contributed by atoms with Gasteiger partial charge in [-0.2, -0.15) is 0 Å². The van der Waals surface area contributed by atoms with Gasteiger partial charge in [0.1, 0.15) is 5.75 Å². The van der Waals surface area contributed by atoms with Crippen molar-refractivity contribution in [1.29, 1.82) is 0 Å². The van der Waals surface area contributed by atoms with Gasteiger partial charge in [-0.05, 0) is 32.0 Å². The van der Waals surface area contributed by atoms with Crippen molar-refractivity contribution in [3.8, 4) is 5.75 Å². The molecule has 1 heterocycles. The summed E-state index contributed by atoms with van der Waals surface area (Å²) in [4.78, 5) is 16.2. The average Bonchev–Trinajstić information content (AvgIpc) is 2.41. The van der Waals surface area contributed by atoms with Crippen molar-refractivity contribution >= 4 is 17.4 Å². The summed E-state index contributed by atoms with van der Waals surface area (Å²) < 4.78 is 19.3. The molecule has 0 aliphatic carbocycles. The predicted molar refractivity (Wildman–Crippen MR) is 74.8 cm³/mol. The van der Waals surface area contributed by atoms with Gasteiger partial charge >= 0.3 is 0 Å². The number of aromatic nitrogens is 1. The maximum Gasteiger partial charge on any atom is 0.197 e. The van der Waals surface area contributed by atoms with Gasteiger partial charge in [-0.15, -0.1) is 0 Å². The smallest absolute Gasteiger partial charge is 0.197 e. The normalized spacial score (nSPS) is 10.7. The van der Waals surface area contributed by atoms with Crippen LogP contribution < -0.4 is 4.74 Å². The molecular formula is C15H13ClFNO2. The van der Waals surface area contributed by atoms with Crippen LogP contribution in [0.5, 0.6) is 5.75 Å². The fourth-order valence-electron chi connectivity index (χ4n) is 1.71. The first-order valence-corrected chi connectivity index (χ1v) is 6.47. The molecule has 0 N–H and O–H groups in total. The molecule has 1 aromatic heterocycles. The number of carbonyl (C=O) groups is 1. The topological polar surface area (TPSA) is 39.2 Å². The molecule has 3 nitrogen and oxygen atoms in total. The summed E-state index contributed by atoms with van der Waals surface area (Å²) in [5.74, 6) is -0.741. The molecule has 0 aliphatic rings. The molecule has 0 bridgehead atoms. The van der Waals surface area contributed by atoms with E-state index < -0.39 is 11.6 Å². The Morgan fingerprint density at radius 2 is 2.10 bits per heavy atom. The van der Waals surface area contributed by atoms with Crippen molar-refractivity contribution in [3.05, 3.63) is 58.6 Å². The second kappa shape index (κ2) is 6.01. The molecule has 2 aromatic rings. The third-order valence-electron chi connectivity index (χ3n) is 2.54. The number of benzene rings is 1. The molecule has 2 rings (SSSR count). The molecule has 0 saturated carbocycles. The number of ether oxygens (including phenoxy) is 1. The first-order valence-electron chi connectivity index (χ1n) is 6.09. The number of hydrogen-bond acceptors (Lipinski definition) is 3. The summed E-state index contributed by atoms with van der Waals surface area (Å²) in [6.45, 7) is 3.73. The first kappa shape index (κ1) is 14.5. The van der Waals surface area contributed by atoms with Gasteiger partial charge in [0.15, 0.2) is 11.6 Å². The van der Waals surface area contributed by atoms with Gasteiger partial charge in [-0.3, -0.25) is 9.78 Å². The highest BCUT2D eigenvalue weighted by atomic mass is 35.5. The SMILES string of the molecule is CC(C)Oc1cncc(C(=O)c2cccc(Cl)c2F)c1. The number of nitrogens with zero attached hydrogens (tertiary/aromatic N) is 1. The minimum absolute atomic E-state index is 0.0370. The Kier molecular flexibility index (Phi) is 4.35. The standard InChI is InChI=1S/C15H13ClFNO2/c1-9(2)20-11-6-10(7-18-8-11)15(19)12-4-3-5-13(16)14(12)17/h3-9H,1-2H3. The van der Waals surface area contributed by atoms with Crippen LogP contribution in [0.1, 0.15) is 29.8 Å². The van der Waals surface area contributed by atoms with Crippen molar-refractivity contribution in [2.24, 2.45) is 0 Å². The zero-order valence-electron chi connectivity index (χ0n) is 11.1. The molecule has 0 unspecified atom stereocenters. The highest BCUT2D eigenvalue weighted by molar-refractivity contribution is 6.31. The van der Waals surface area contributed by atoms with E-state index in [1.165, 1.54) is 36.7 Å². The predicted octanol–water partition coefficient (Wildman–Crippen LogP) is 3.89. The van der Waals surface area contributed by atoms with E-state index in [-0.39, 0.29) is 22.3 Å². The van der Waals surface area contributed by atoms with Crippen LogP contribution in [-0.4, -0.2) is 16.9 Å². The third kappa shape index (κ3) is 3.14. The highest BCUT2D eigenvalue weighted by Gasteiger charge is 2.17. The molecule has 104 valence electrons. The van der Waals surface area contributed by atoms with Gasteiger partial charge in [0.05, 0.1) is 22.9 Å². The minimum Gasteiger partial charge on any atom is -0.489 e. The number of carbonyl (C=O) groups excluding carboxylic acids is 1. The van der Waals surface area contributed by atoms with E-state index in [9.17, 15) is 9.18 Å². The lowest BCUT2D eigenvalue weighted by atomic mass is 10.0. The van der Waals surface area contributed by atoms with Crippen LogP contribution in [0.4, 0.5) is 4.39 Å². The van der Waals surface area contributed by atoms with Crippen molar-refractivity contribution < 1.29 is 13.9 Å².